The Morgan fingerprint density at radius 3 is 2.68 bits per heavy atom. The van der Waals surface area contributed by atoms with Crippen LogP contribution in [0.2, 0.25) is 0 Å². The molecule has 7 heteroatoms. The molecule has 1 amide bonds. The predicted molar refractivity (Wildman–Crippen MR) is 99.5 cm³/mol. The van der Waals surface area contributed by atoms with Gasteiger partial charge in [0.25, 0.3) is 5.91 Å². The number of carbonyl (C=O) groups excluding carboxylic acids is 1. The van der Waals surface area contributed by atoms with E-state index >= 15 is 0 Å². The zero-order valence-electron chi connectivity index (χ0n) is 13.7. The number of ether oxygens (including phenoxy) is 1. The molecule has 0 spiro atoms. The van der Waals surface area contributed by atoms with Crippen LogP contribution in [0.3, 0.4) is 0 Å². The third kappa shape index (κ3) is 4.77. The lowest BCUT2D eigenvalue weighted by Crippen LogP contribution is -2.12. The SMILES string of the molecule is COc1cccc(CCNc2ccc(NC(=O)c3cccs3)nn2)c1. The van der Waals surface area contributed by atoms with Gasteiger partial charge in [-0.25, -0.2) is 0 Å². The molecule has 2 aromatic heterocycles. The highest BCUT2D eigenvalue weighted by Gasteiger charge is 2.07. The monoisotopic (exact) mass is 354 g/mol. The quantitative estimate of drug-likeness (QED) is 0.680. The highest BCUT2D eigenvalue weighted by Crippen LogP contribution is 2.14. The summed E-state index contributed by atoms with van der Waals surface area (Å²) in [5, 5.41) is 15.9. The van der Waals surface area contributed by atoms with Gasteiger partial charge in [0.15, 0.2) is 5.82 Å². The van der Waals surface area contributed by atoms with Crippen molar-refractivity contribution in [3.63, 3.8) is 0 Å². The number of aromatic nitrogens is 2. The average molecular weight is 354 g/mol. The normalized spacial score (nSPS) is 10.3. The van der Waals surface area contributed by atoms with Crippen molar-refractivity contribution in [2.75, 3.05) is 24.3 Å². The molecule has 2 heterocycles. The molecule has 0 atom stereocenters. The second kappa shape index (κ2) is 8.25. The molecular weight excluding hydrogens is 336 g/mol. The molecule has 0 unspecified atom stereocenters. The molecule has 6 nitrogen and oxygen atoms in total. The van der Waals surface area contributed by atoms with Crippen molar-refractivity contribution in [3.05, 3.63) is 64.4 Å². The van der Waals surface area contributed by atoms with Gasteiger partial charge < -0.3 is 15.4 Å². The summed E-state index contributed by atoms with van der Waals surface area (Å²) in [6.07, 6.45) is 0.843. The van der Waals surface area contributed by atoms with E-state index in [0.717, 1.165) is 18.7 Å². The molecule has 0 aliphatic rings. The summed E-state index contributed by atoms with van der Waals surface area (Å²) in [4.78, 5) is 12.6. The summed E-state index contributed by atoms with van der Waals surface area (Å²) >= 11 is 1.38. The van der Waals surface area contributed by atoms with Crippen molar-refractivity contribution in [2.45, 2.75) is 6.42 Å². The van der Waals surface area contributed by atoms with Crippen LogP contribution in [0.1, 0.15) is 15.2 Å². The van der Waals surface area contributed by atoms with Crippen molar-refractivity contribution in [2.24, 2.45) is 0 Å². The minimum Gasteiger partial charge on any atom is -0.497 e. The summed E-state index contributed by atoms with van der Waals surface area (Å²) < 4.78 is 5.21. The van der Waals surface area contributed by atoms with Gasteiger partial charge >= 0.3 is 0 Å². The molecule has 25 heavy (non-hydrogen) atoms. The van der Waals surface area contributed by atoms with Crippen molar-refractivity contribution in [1.82, 2.24) is 10.2 Å². The van der Waals surface area contributed by atoms with E-state index in [9.17, 15) is 4.79 Å². The molecule has 0 aliphatic carbocycles. The standard InChI is InChI=1S/C18H18N4O2S/c1-24-14-5-2-4-13(12-14)9-10-19-16-7-8-17(22-21-16)20-18(23)15-6-3-11-25-15/h2-8,11-12H,9-10H2,1H3,(H,19,21)(H,20,22,23). The Morgan fingerprint density at radius 1 is 1.12 bits per heavy atom. The topological polar surface area (TPSA) is 76.1 Å². The first-order valence-electron chi connectivity index (χ1n) is 7.80. The summed E-state index contributed by atoms with van der Waals surface area (Å²) in [6.45, 7) is 0.725. The lowest BCUT2D eigenvalue weighted by atomic mass is 10.1. The molecule has 0 bridgehead atoms. The largest absolute Gasteiger partial charge is 0.497 e. The first-order valence-corrected chi connectivity index (χ1v) is 8.68. The number of nitrogens with zero attached hydrogens (tertiary/aromatic N) is 2. The maximum atomic E-state index is 11.9. The summed E-state index contributed by atoms with van der Waals surface area (Å²) in [7, 11) is 1.66. The number of thiophene rings is 1. The van der Waals surface area contributed by atoms with E-state index < -0.39 is 0 Å². The van der Waals surface area contributed by atoms with Gasteiger partial charge in [0.2, 0.25) is 0 Å². The van der Waals surface area contributed by atoms with Crippen LogP contribution in [-0.2, 0) is 6.42 Å². The van der Waals surface area contributed by atoms with Crippen LogP contribution in [0.5, 0.6) is 5.75 Å². The van der Waals surface area contributed by atoms with Gasteiger partial charge in [-0.05, 0) is 47.7 Å². The summed E-state index contributed by atoms with van der Waals surface area (Å²) in [5.41, 5.74) is 1.18. The maximum Gasteiger partial charge on any atom is 0.266 e. The Balaban J connectivity index is 1.49. The molecule has 0 saturated carbocycles. The van der Waals surface area contributed by atoms with Crippen molar-refractivity contribution in [3.8, 4) is 5.75 Å². The number of carbonyl (C=O) groups is 1. The number of hydrogen-bond acceptors (Lipinski definition) is 6. The third-order valence-electron chi connectivity index (χ3n) is 3.51. The molecular formula is C18H18N4O2S. The lowest BCUT2D eigenvalue weighted by Gasteiger charge is -2.07. The molecule has 3 rings (SSSR count). The van der Waals surface area contributed by atoms with Gasteiger partial charge in [0.05, 0.1) is 12.0 Å². The number of anilines is 2. The van der Waals surface area contributed by atoms with Crippen LogP contribution in [0.25, 0.3) is 0 Å². The van der Waals surface area contributed by atoms with Gasteiger partial charge in [0.1, 0.15) is 11.6 Å². The summed E-state index contributed by atoms with van der Waals surface area (Å²) in [6, 6.07) is 15.1. The number of benzene rings is 1. The van der Waals surface area contributed by atoms with Crippen LogP contribution in [0.4, 0.5) is 11.6 Å². The van der Waals surface area contributed by atoms with E-state index in [4.69, 9.17) is 4.74 Å². The molecule has 0 saturated heterocycles. The van der Waals surface area contributed by atoms with Gasteiger partial charge in [-0.1, -0.05) is 18.2 Å². The Labute approximate surface area is 149 Å². The Kier molecular flexibility index (Phi) is 5.58. The minimum atomic E-state index is -0.178. The van der Waals surface area contributed by atoms with Gasteiger partial charge in [0, 0.05) is 6.54 Å². The van der Waals surface area contributed by atoms with Gasteiger partial charge in [-0.3, -0.25) is 4.79 Å². The number of methoxy groups -OCH3 is 1. The van der Waals surface area contributed by atoms with Gasteiger partial charge in [-0.2, -0.15) is 0 Å². The highest BCUT2D eigenvalue weighted by atomic mass is 32.1. The highest BCUT2D eigenvalue weighted by molar-refractivity contribution is 7.12. The molecule has 2 N–H and O–H groups in total. The van der Waals surface area contributed by atoms with Crippen molar-refractivity contribution >= 4 is 28.9 Å². The fraction of sp³-hybridized carbons (Fsp3) is 0.167. The lowest BCUT2D eigenvalue weighted by molar-refractivity contribution is 0.103. The molecule has 1 aromatic carbocycles. The average Bonchev–Trinajstić information content (AvgIpc) is 3.18. The number of nitrogens with one attached hydrogen (secondary N) is 2. The molecule has 3 aromatic rings. The van der Waals surface area contributed by atoms with Crippen LogP contribution in [0, 0.1) is 0 Å². The predicted octanol–water partition coefficient (Wildman–Crippen LogP) is 3.45. The third-order valence-corrected chi connectivity index (χ3v) is 4.37. The van der Waals surface area contributed by atoms with E-state index in [1.54, 1.807) is 25.3 Å². The first kappa shape index (κ1) is 16.9. The van der Waals surface area contributed by atoms with E-state index in [-0.39, 0.29) is 5.91 Å². The Morgan fingerprint density at radius 2 is 1.96 bits per heavy atom. The smallest absolute Gasteiger partial charge is 0.266 e. The molecule has 128 valence electrons. The number of rotatable bonds is 7. The van der Waals surface area contributed by atoms with E-state index in [1.807, 2.05) is 29.6 Å². The second-order valence-corrected chi connectivity index (χ2v) is 6.21. The first-order chi connectivity index (χ1) is 12.2. The number of hydrogen-bond donors (Lipinski definition) is 2. The Hall–Kier alpha value is -2.93. The van der Waals surface area contributed by atoms with Crippen LogP contribution in [-0.4, -0.2) is 29.8 Å². The van der Waals surface area contributed by atoms with Crippen LogP contribution < -0.4 is 15.4 Å². The maximum absolute atomic E-state index is 11.9. The minimum absolute atomic E-state index is 0.178. The van der Waals surface area contributed by atoms with Crippen molar-refractivity contribution < 1.29 is 9.53 Å². The van der Waals surface area contributed by atoms with Gasteiger partial charge in [-0.15, -0.1) is 21.5 Å². The van der Waals surface area contributed by atoms with E-state index in [2.05, 4.69) is 26.9 Å². The van der Waals surface area contributed by atoms with Crippen molar-refractivity contribution in [1.29, 1.82) is 0 Å². The van der Waals surface area contributed by atoms with E-state index in [0.29, 0.717) is 16.5 Å². The molecule has 0 radical (unpaired) electrons. The fourth-order valence-electron chi connectivity index (χ4n) is 2.24. The summed E-state index contributed by atoms with van der Waals surface area (Å²) in [5.74, 6) is 1.76. The van der Waals surface area contributed by atoms with E-state index in [1.165, 1.54) is 16.9 Å². The van der Waals surface area contributed by atoms with Crippen LogP contribution in [0.15, 0.2) is 53.9 Å². The molecule has 0 aliphatic heterocycles. The number of amides is 1. The molecule has 0 fully saturated rings. The zero-order valence-corrected chi connectivity index (χ0v) is 14.5. The Bertz CT molecular complexity index is 819. The second-order valence-electron chi connectivity index (χ2n) is 5.26. The zero-order chi connectivity index (χ0) is 17.5. The fourth-order valence-corrected chi connectivity index (χ4v) is 2.86. The van der Waals surface area contributed by atoms with Crippen LogP contribution >= 0.6 is 11.3 Å².